The number of urea groups is 1. The predicted octanol–water partition coefficient (Wildman–Crippen LogP) is 5.21. The average Bonchev–Trinajstić information content (AvgIpc) is 2.91. The maximum atomic E-state index is 13.3. The van der Waals surface area contributed by atoms with Gasteiger partial charge < -0.3 is 19.5 Å². The molecule has 2 atom stereocenters. The van der Waals surface area contributed by atoms with Crippen LogP contribution < -0.4 is 10.2 Å². The van der Waals surface area contributed by atoms with Crippen molar-refractivity contribution in [1.29, 1.82) is 5.26 Å². The van der Waals surface area contributed by atoms with Crippen molar-refractivity contribution in [3.05, 3.63) is 76.5 Å². The van der Waals surface area contributed by atoms with Gasteiger partial charge in [-0.2, -0.15) is 18.4 Å². The number of ether oxygens (including phenoxy) is 3. The molecule has 2 amide bonds. The second-order valence-corrected chi connectivity index (χ2v) is 8.80. The SMILES string of the molecule is CC1=C(C(=O)OCCOC2CCCCO2)C(c2ccc(C#N)cc2)NC(=O)N1c1cccc(C(F)(F)F)c1. The minimum Gasteiger partial charge on any atom is -0.460 e. The molecule has 2 aromatic carbocycles. The van der Waals surface area contributed by atoms with Crippen LogP contribution in [0.1, 0.15) is 48.9 Å². The number of hydrogen-bond acceptors (Lipinski definition) is 6. The number of nitrogens with zero attached hydrogens (tertiary/aromatic N) is 2. The number of carbonyl (C=O) groups excluding carboxylic acids is 2. The van der Waals surface area contributed by atoms with Crippen LogP contribution in [0.3, 0.4) is 0 Å². The number of amides is 2. The van der Waals surface area contributed by atoms with Gasteiger partial charge in [0.2, 0.25) is 0 Å². The highest BCUT2D eigenvalue weighted by atomic mass is 19.4. The Morgan fingerprint density at radius 2 is 1.95 bits per heavy atom. The number of allylic oxidation sites excluding steroid dienone is 1. The van der Waals surface area contributed by atoms with Gasteiger partial charge in [0.1, 0.15) is 6.61 Å². The lowest BCUT2D eigenvalue weighted by atomic mass is 9.94. The van der Waals surface area contributed by atoms with E-state index in [1.54, 1.807) is 12.1 Å². The Bertz CT molecular complexity index is 1250. The second kappa shape index (κ2) is 11.7. The van der Waals surface area contributed by atoms with Crippen LogP contribution in [0.2, 0.25) is 0 Å². The number of halogens is 3. The molecule has 0 spiro atoms. The molecule has 2 aliphatic heterocycles. The summed E-state index contributed by atoms with van der Waals surface area (Å²) in [7, 11) is 0. The minimum absolute atomic E-state index is 0.0423. The smallest absolute Gasteiger partial charge is 0.416 e. The highest BCUT2D eigenvalue weighted by molar-refractivity contribution is 6.03. The van der Waals surface area contributed by atoms with Gasteiger partial charge in [-0.3, -0.25) is 4.90 Å². The van der Waals surface area contributed by atoms with Crippen LogP contribution in [0.4, 0.5) is 23.7 Å². The molecule has 0 aromatic heterocycles. The molecular weight excluding hydrogens is 503 g/mol. The number of rotatable bonds is 7. The average molecular weight is 530 g/mol. The monoisotopic (exact) mass is 529 g/mol. The number of anilines is 1. The lowest BCUT2D eigenvalue weighted by molar-refractivity contribution is -0.172. The van der Waals surface area contributed by atoms with Gasteiger partial charge in [-0.05, 0) is 62.1 Å². The summed E-state index contributed by atoms with van der Waals surface area (Å²) in [4.78, 5) is 27.4. The summed E-state index contributed by atoms with van der Waals surface area (Å²) in [6.45, 7) is 2.08. The van der Waals surface area contributed by atoms with Crippen LogP contribution in [0, 0.1) is 11.3 Å². The van der Waals surface area contributed by atoms with Gasteiger partial charge in [0.25, 0.3) is 0 Å². The zero-order valence-corrected chi connectivity index (χ0v) is 20.6. The maximum absolute atomic E-state index is 13.3. The van der Waals surface area contributed by atoms with Crippen molar-refractivity contribution in [2.45, 2.75) is 44.7 Å². The number of nitrogens with one attached hydrogen (secondary N) is 1. The van der Waals surface area contributed by atoms with Gasteiger partial charge in [-0.1, -0.05) is 18.2 Å². The molecular formula is C27H26F3N3O5. The summed E-state index contributed by atoms with van der Waals surface area (Å²) in [5.74, 6) is -0.762. The van der Waals surface area contributed by atoms with Crippen molar-refractivity contribution in [3.8, 4) is 6.07 Å². The van der Waals surface area contributed by atoms with Crippen LogP contribution in [0.15, 0.2) is 59.8 Å². The lowest BCUT2D eigenvalue weighted by Gasteiger charge is -2.35. The quantitative estimate of drug-likeness (QED) is 0.391. The Labute approximate surface area is 217 Å². The van der Waals surface area contributed by atoms with Gasteiger partial charge in [-0.25, -0.2) is 9.59 Å². The Morgan fingerprint density at radius 3 is 2.61 bits per heavy atom. The van der Waals surface area contributed by atoms with E-state index in [2.05, 4.69) is 5.32 Å². The fourth-order valence-electron chi connectivity index (χ4n) is 4.37. The van der Waals surface area contributed by atoms with Crippen LogP contribution in [-0.4, -0.2) is 38.1 Å². The molecule has 1 N–H and O–H groups in total. The molecule has 4 rings (SSSR count). The van der Waals surface area contributed by atoms with Crippen LogP contribution in [0.5, 0.6) is 0 Å². The zero-order chi connectivity index (χ0) is 27.3. The summed E-state index contributed by atoms with van der Waals surface area (Å²) >= 11 is 0. The molecule has 0 aliphatic carbocycles. The standard InChI is InChI=1S/C27H26F3N3O5/c1-17-23(25(34)38-14-13-37-22-7-2-3-12-36-22)24(19-10-8-18(16-31)9-11-19)32-26(35)33(17)21-6-4-5-20(15-21)27(28,29)30/h4-6,8-11,15,22,24H,2-3,7,12-14H2,1H3,(H,32,35). The van der Waals surface area contributed by atoms with Crippen molar-refractivity contribution < 1.29 is 37.0 Å². The highest BCUT2D eigenvalue weighted by Gasteiger charge is 2.38. The van der Waals surface area contributed by atoms with E-state index < -0.39 is 29.8 Å². The largest absolute Gasteiger partial charge is 0.460 e. The highest BCUT2D eigenvalue weighted by Crippen LogP contribution is 2.37. The van der Waals surface area contributed by atoms with Crippen molar-refractivity contribution in [2.75, 3.05) is 24.7 Å². The molecule has 0 bridgehead atoms. The Morgan fingerprint density at radius 1 is 1.18 bits per heavy atom. The van der Waals surface area contributed by atoms with Gasteiger partial charge in [-0.15, -0.1) is 0 Å². The summed E-state index contributed by atoms with van der Waals surface area (Å²) in [6.07, 6.45) is -2.28. The second-order valence-electron chi connectivity index (χ2n) is 8.80. The first-order valence-corrected chi connectivity index (χ1v) is 12.1. The fourth-order valence-corrected chi connectivity index (χ4v) is 4.37. The molecule has 2 unspecified atom stereocenters. The molecule has 2 aromatic rings. The molecule has 2 heterocycles. The molecule has 0 saturated carbocycles. The van der Waals surface area contributed by atoms with Crippen molar-refractivity contribution in [3.63, 3.8) is 0 Å². The number of esters is 1. The Balaban J connectivity index is 1.63. The van der Waals surface area contributed by atoms with Crippen LogP contribution >= 0.6 is 0 Å². The number of benzene rings is 2. The minimum atomic E-state index is -4.62. The summed E-state index contributed by atoms with van der Waals surface area (Å²) in [5, 5.41) is 11.8. The number of alkyl halides is 3. The number of hydrogen-bond donors (Lipinski definition) is 1. The van der Waals surface area contributed by atoms with E-state index in [0.29, 0.717) is 17.7 Å². The van der Waals surface area contributed by atoms with Gasteiger partial charge in [0.15, 0.2) is 6.29 Å². The van der Waals surface area contributed by atoms with Gasteiger partial charge >= 0.3 is 18.2 Å². The van der Waals surface area contributed by atoms with Crippen LogP contribution in [-0.2, 0) is 25.2 Å². The third-order valence-electron chi connectivity index (χ3n) is 6.27. The fraction of sp³-hybridized carbons (Fsp3) is 0.370. The first-order valence-electron chi connectivity index (χ1n) is 12.1. The van der Waals surface area contributed by atoms with E-state index in [0.717, 1.165) is 36.3 Å². The summed E-state index contributed by atoms with van der Waals surface area (Å²) in [6, 6.07) is 10.9. The van der Waals surface area contributed by atoms with E-state index in [1.807, 2.05) is 6.07 Å². The summed E-state index contributed by atoms with van der Waals surface area (Å²) in [5.41, 5.74) is 0.0457. The summed E-state index contributed by atoms with van der Waals surface area (Å²) < 4.78 is 56.6. The van der Waals surface area contributed by atoms with E-state index >= 15 is 0 Å². The van der Waals surface area contributed by atoms with E-state index in [4.69, 9.17) is 19.5 Å². The molecule has 2 aliphatic rings. The van der Waals surface area contributed by atoms with Gasteiger partial charge in [0.05, 0.1) is 41.1 Å². The molecule has 11 heteroatoms. The molecule has 8 nitrogen and oxygen atoms in total. The van der Waals surface area contributed by atoms with E-state index in [-0.39, 0.29) is 36.5 Å². The van der Waals surface area contributed by atoms with Crippen molar-refractivity contribution >= 4 is 17.7 Å². The Kier molecular flexibility index (Phi) is 8.34. The van der Waals surface area contributed by atoms with Crippen molar-refractivity contribution in [2.24, 2.45) is 0 Å². The lowest BCUT2D eigenvalue weighted by Crippen LogP contribution is -2.48. The molecule has 0 radical (unpaired) electrons. The first kappa shape index (κ1) is 27.2. The topological polar surface area (TPSA) is 101 Å². The third-order valence-corrected chi connectivity index (χ3v) is 6.27. The van der Waals surface area contributed by atoms with Crippen molar-refractivity contribution in [1.82, 2.24) is 5.32 Å². The predicted molar refractivity (Wildman–Crippen MR) is 130 cm³/mol. The normalized spacial score (nSPS) is 20.1. The van der Waals surface area contributed by atoms with Crippen LogP contribution in [0.25, 0.3) is 0 Å². The zero-order valence-electron chi connectivity index (χ0n) is 20.6. The molecule has 1 fully saturated rings. The van der Waals surface area contributed by atoms with Gasteiger partial charge in [0, 0.05) is 12.3 Å². The number of carbonyl (C=O) groups is 2. The van der Waals surface area contributed by atoms with E-state index in [1.165, 1.54) is 31.2 Å². The number of nitriles is 1. The molecule has 200 valence electrons. The molecule has 38 heavy (non-hydrogen) atoms. The Hall–Kier alpha value is -3.88. The third kappa shape index (κ3) is 6.15. The first-order chi connectivity index (χ1) is 18.2. The molecule has 1 saturated heterocycles. The van der Waals surface area contributed by atoms with E-state index in [9.17, 15) is 22.8 Å². The maximum Gasteiger partial charge on any atom is 0.416 e.